The highest BCUT2D eigenvalue weighted by Crippen LogP contribution is 2.55. The third kappa shape index (κ3) is 14.3. The number of phenols is 2. The molecule has 9 amide bonds. The van der Waals surface area contributed by atoms with Crippen LogP contribution in [0.1, 0.15) is 179 Å². The monoisotopic (exact) mass is 1390 g/mol. The molecule has 5 aromatic rings. The second-order valence-electron chi connectivity index (χ2n) is 28.2. The average Bonchev–Trinajstić information content (AvgIpc) is 1.55. The molecule has 4 saturated carbocycles. The Morgan fingerprint density at radius 2 is 1.27 bits per heavy atom. The summed E-state index contributed by atoms with van der Waals surface area (Å²) in [4.78, 5) is 135. The number of aliphatic hydroxyl groups excluding tert-OH is 2. The quantitative estimate of drug-likeness (QED) is 0.0453. The van der Waals surface area contributed by atoms with Gasteiger partial charge in [0.05, 0.1) is 17.5 Å². The lowest BCUT2D eigenvalue weighted by Gasteiger charge is -2.54. The molecule has 15 N–H and O–H groups in total. The maximum absolute atomic E-state index is 16.0. The van der Waals surface area contributed by atoms with Crippen molar-refractivity contribution in [1.29, 1.82) is 0 Å². The predicted octanol–water partition coefficient (Wildman–Crippen LogP) is 5.51. The molecule has 0 saturated heterocycles. The maximum atomic E-state index is 16.0. The van der Waals surface area contributed by atoms with Crippen LogP contribution in [0.5, 0.6) is 34.5 Å². The number of hydrogen-bond donors (Lipinski definition) is 15. The number of aryl methyl sites for hydroxylation is 1. The number of carbonyl (C=O) groups is 9. The zero-order valence-corrected chi connectivity index (χ0v) is 56.7. The first-order valence-electron chi connectivity index (χ1n) is 34.3. The number of aromatic hydroxyl groups is 2. The fourth-order valence-electron chi connectivity index (χ4n) is 15.9. The number of fused-ring (bicyclic) bond motifs is 12. The second-order valence-corrected chi connectivity index (χ2v) is 28.7. The third-order valence-corrected chi connectivity index (χ3v) is 21.0. The van der Waals surface area contributed by atoms with Gasteiger partial charge in [-0.15, -0.1) is 0 Å². The molecule has 9 atom stereocenters. The number of rotatable bonds is 15. The molecule has 5 aliphatic heterocycles. The standard InChI is InChI=1S/C73H84ClN9O17/c1-6-7-8-9-10-11-54(85)77-55(86)31-49-67(91)79-59-41-27-52(99-50-16-13-37(19-33(50)4)63(87)61(71(95)76-49)82-66(90)48(75-5)18-32(2)3)65(89)53(28-41)100-51-17-14-38(26-47(51)74)64(88)62-72(96)81-60(70(94)78-57-39-21-34-20-35(23-39)24-40(57)22-34)44-29-42(84)30-46-56(44)43-25-36(12-15-45(43)73(46,97)98)58(68(92)83-62)80-69(59)93/h12-17,19,25-30,32,34-35,39-40,48-49,57-64,75,84,87-89,97-98H,6-11,18,20-24,31H2,1-5H3,(H,76,95)(H,78,94)(H,79,91)(H,80,93)(H,81,96)(H,82,90)(H,83,92)(H,77,85,86)/t34?,35?,39?,40?,48-,49+,57?,58-,59-,60+,61-,62+,63-,64-/m1/s1. The lowest BCUT2D eigenvalue weighted by molar-refractivity contribution is -0.138. The molecule has 27 heteroatoms. The molecule has 5 heterocycles. The molecule has 10 aliphatic rings. The summed E-state index contributed by atoms with van der Waals surface area (Å²) in [5, 5.41) is 96.8. The highest BCUT2D eigenvalue weighted by Gasteiger charge is 2.51. The van der Waals surface area contributed by atoms with Gasteiger partial charge < -0.3 is 82.6 Å². The van der Waals surface area contributed by atoms with Crippen molar-refractivity contribution in [3.05, 3.63) is 128 Å². The molecule has 0 radical (unpaired) electrons. The van der Waals surface area contributed by atoms with Gasteiger partial charge in [-0.25, -0.2) is 0 Å². The van der Waals surface area contributed by atoms with E-state index in [2.05, 4.69) is 47.9 Å². The summed E-state index contributed by atoms with van der Waals surface area (Å²) in [7, 11) is 1.53. The molecule has 100 heavy (non-hydrogen) atoms. The molecule has 0 aromatic heterocycles. The summed E-state index contributed by atoms with van der Waals surface area (Å²) in [6.07, 6.45) is 3.74. The van der Waals surface area contributed by atoms with Crippen LogP contribution in [0.4, 0.5) is 0 Å². The number of nitrogens with one attached hydrogen (secondary N) is 9. The Balaban J connectivity index is 1.00. The van der Waals surface area contributed by atoms with Crippen LogP contribution in [-0.4, -0.2) is 121 Å². The Hall–Kier alpha value is -9.18. The predicted molar refractivity (Wildman–Crippen MR) is 360 cm³/mol. The fourth-order valence-corrected chi connectivity index (χ4v) is 16.1. The highest BCUT2D eigenvalue weighted by atomic mass is 35.5. The number of aliphatic hydroxyl groups is 4. The van der Waals surface area contributed by atoms with E-state index in [-0.39, 0.29) is 109 Å². The number of benzene rings is 5. The van der Waals surface area contributed by atoms with Gasteiger partial charge in [-0.2, -0.15) is 0 Å². The number of imide groups is 1. The van der Waals surface area contributed by atoms with Gasteiger partial charge in [0, 0.05) is 23.6 Å². The van der Waals surface area contributed by atoms with E-state index in [4.69, 9.17) is 21.1 Å². The Morgan fingerprint density at radius 1 is 0.640 bits per heavy atom. The van der Waals surface area contributed by atoms with Gasteiger partial charge in [-0.05, 0) is 188 Å². The van der Waals surface area contributed by atoms with E-state index in [1.165, 1.54) is 67.7 Å². The first-order chi connectivity index (χ1) is 47.7. The summed E-state index contributed by atoms with van der Waals surface area (Å²) < 4.78 is 12.7. The molecule has 15 bridgehead atoms. The summed E-state index contributed by atoms with van der Waals surface area (Å²) >= 11 is 7.00. The summed E-state index contributed by atoms with van der Waals surface area (Å²) in [5.74, 6) is -13.5. The maximum Gasteiger partial charge on any atom is 0.248 e. The molecule has 0 unspecified atom stereocenters. The largest absolute Gasteiger partial charge is 0.508 e. The van der Waals surface area contributed by atoms with Gasteiger partial charge in [0.1, 0.15) is 65.7 Å². The molecule has 0 spiro atoms. The number of likely N-dealkylation sites (N-methyl/N-ethyl adjacent to an activating group) is 1. The Labute approximate surface area is 581 Å². The lowest BCUT2D eigenvalue weighted by Crippen LogP contribution is -2.59. The lowest BCUT2D eigenvalue weighted by atomic mass is 9.54. The molecular weight excluding hydrogens is 1310 g/mol. The molecule has 5 aromatic carbocycles. The smallest absolute Gasteiger partial charge is 0.248 e. The van der Waals surface area contributed by atoms with E-state index >= 15 is 28.8 Å². The Bertz CT molecular complexity index is 4100. The van der Waals surface area contributed by atoms with E-state index < -0.39 is 143 Å². The second kappa shape index (κ2) is 28.8. The van der Waals surface area contributed by atoms with Gasteiger partial charge in [0.25, 0.3) is 0 Å². The minimum atomic E-state index is -2.90. The fraction of sp³-hybridized carbons (Fsp3) is 0.466. The van der Waals surface area contributed by atoms with Crippen molar-refractivity contribution < 1.29 is 83.3 Å². The van der Waals surface area contributed by atoms with Crippen LogP contribution in [0, 0.1) is 36.5 Å². The number of amides is 9. The van der Waals surface area contributed by atoms with Crippen LogP contribution in [0.2, 0.25) is 5.02 Å². The first-order valence-corrected chi connectivity index (χ1v) is 34.6. The van der Waals surface area contributed by atoms with Crippen LogP contribution < -0.4 is 57.3 Å². The zero-order valence-electron chi connectivity index (χ0n) is 55.9. The molecule has 5 aliphatic carbocycles. The highest BCUT2D eigenvalue weighted by molar-refractivity contribution is 6.32. The molecule has 530 valence electrons. The molecular formula is C73H84ClN9O17. The van der Waals surface area contributed by atoms with Crippen LogP contribution in [0.25, 0.3) is 11.1 Å². The van der Waals surface area contributed by atoms with Crippen LogP contribution in [0.3, 0.4) is 0 Å². The molecule has 4 fully saturated rings. The van der Waals surface area contributed by atoms with E-state index in [1.807, 2.05) is 20.8 Å². The SMILES string of the molecule is CCCCCCCC(=O)NC(=O)C[C@@H]1NC(=O)[C@H](NC(=O)[C@@H](CC(C)C)NC)[C@H](O)c2ccc(c(C)c2)Oc2cc3cc(c2O)Oc2ccc(cc2Cl)[C@@H](O)[C@@H]2NC(=O)[C@H](NC(=O)[C@@H]3NC1=O)c1ccc3c(c1)-c1c(cc(O)cc1C3(O)O)[C@@H](C(=O)NC1C3CC4CC(C3)CC1C4)NC2=O. The molecule has 26 nitrogen and oxygen atoms in total. The van der Waals surface area contributed by atoms with E-state index in [0.717, 1.165) is 69.6 Å². The van der Waals surface area contributed by atoms with Gasteiger partial charge in [0.15, 0.2) is 11.5 Å². The van der Waals surface area contributed by atoms with Crippen molar-refractivity contribution in [2.24, 2.45) is 29.6 Å². The van der Waals surface area contributed by atoms with Crippen molar-refractivity contribution in [1.82, 2.24) is 47.9 Å². The Kier molecular flexibility index (Phi) is 20.4. The minimum absolute atomic E-state index is 0.0216. The van der Waals surface area contributed by atoms with Crippen molar-refractivity contribution in [3.63, 3.8) is 0 Å². The van der Waals surface area contributed by atoms with E-state index in [0.29, 0.717) is 24.7 Å². The van der Waals surface area contributed by atoms with Crippen LogP contribution in [0.15, 0.2) is 78.9 Å². The summed E-state index contributed by atoms with van der Waals surface area (Å²) in [5.41, 5.74) is -0.892. The minimum Gasteiger partial charge on any atom is -0.508 e. The van der Waals surface area contributed by atoms with Gasteiger partial charge in [0.2, 0.25) is 64.7 Å². The number of carbonyl (C=O) groups excluding carboxylic acids is 9. The summed E-state index contributed by atoms with van der Waals surface area (Å²) in [6.45, 7) is 7.34. The van der Waals surface area contributed by atoms with Gasteiger partial charge in [-0.1, -0.05) is 82.3 Å². The number of unbranched alkanes of at least 4 members (excludes halogenated alkanes) is 4. The normalized spacial score (nSPS) is 26.6. The first kappa shape index (κ1) is 70.7. The number of halogens is 1. The summed E-state index contributed by atoms with van der Waals surface area (Å²) in [6, 6.07) is 3.13. The van der Waals surface area contributed by atoms with Crippen LogP contribution >= 0.6 is 11.6 Å². The molecule has 15 rings (SSSR count). The van der Waals surface area contributed by atoms with Gasteiger partial charge >= 0.3 is 0 Å². The van der Waals surface area contributed by atoms with Crippen molar-refractivity contribution in [2.75, 3.05) is 7.05 Å². The number of phenolic OH excluding ortho intramolecular Hbond substituents is 2. The van der Waals surface area contributed by atoms with E-state index in [9.17, 15) is 45.0 Å². The number of ether oxygens (including phenoxy) is 2. The van der Waals surface area contributed by atoms with Crippen molar-refractivity contribution in [2.45, 2.75) is 177 Å². The Morgan fingerprint density at radius 3 is 1.93 bits per heavy atom. The van der Waals surface area contributed by atoms with Crippen LogP contribution in [-0.2, 0) is 48.9 Å². The van der Waals surface area contributed by atoms with E-state index in [1.54, 1.807) is 6.92 Å². The van der Waals surface area contributed by atoms with Crippen molar-refractivity contribution >= 4 is 64.8 Å². The average molecular weight is 1390 g/mol. The van der Waals surface area contributed by atoms with Gasteiger partial charge in [-0.3, -0.25) is 48.5 Å². The topological polar surface area (TPSA) is 402 Å². The van der Waals surface area contributed by atoms with Crippen molar-refractivity contribution in [3.8, 4) is 45.6 Å². The zero-order chi connectivity index (χ0) is 71.3. The third-order valence-electron chi connectivity index (χ3n) is 20.7. The number of hydrogen-bond acceptors (Lipinski definition) is 18.